The second-order valence-corrected chi connectivity index (χ2v) is 5.71. The van der Waals surface area contributed by atoms with Crippen LogP contribution in [0.4, 0.5) is 10.6 Å². The zero-order chi connectivity index (χ0) is 15.5. The van der Waals surface area contributed by atoms with E-state index >= 15 is 0 Å². The maximum absolute atomic E-state index is 10.7. The topological polar surface area (TPSA) is 77.2 Å². The van der Waals surface area contributed by atoms with E-state index in [1.54, 1.807) is 6.20 Å². The highest BCUT2D eigenvalue weighted by molar-refractivity contribution is 6.30. The Morgan fingerprint density at radius 1 is 1.41 bits per heavy atom. The summed E-state index contributed by atoms with van der Waals surface area (Å²) in [6.07, 6.45) is 1.78. The molecular weight excluding hydrogens is 302 g/mol. The number of hydrogen-bond donors (Lipinski definition) is 2. The van der Waals surface area contributed by atoms with E-state index in [9.17, 15) is 4.79 Å². The number of aromatic nitrogens is 1. The number of primary amides is 1. The van der Waals surface area contributed by atoms with Gasteiger partial charge in [-0.15, -0.1) is 0 Å². The van der Waals surface area contributed by atoms with E-state index in [0.29, 0.717) is 6.54 Å². The molecule has 1 aromatic carbocycles. The normalized spacial score (nSPS) is 19.5. The largest absolute Gasteiger partial charge is 0.446 e. The first-order chi connectivity index (χ1) is 10.6. The Morgan fingerprint density at radius 3 is 2.95 bits per heavy atom. The summed E-state index contributed by atoms with van der Waals surface area (Å²) in [4.78, 5) is 15.1. The molecule has 0 bridgehead atoms. The van der Waals surface area contributed by atoms with E-state index in [-0.39, 0.29) is 12.0 Å². The van der Waals surface area contributed by atoms with Crippen LogP contribution in [0.15, 0.2) is 42.6 Å². The van der Waals surface area contributed by atoms with Crippen LogP contribution in [0.25, 0.3) is 0 Å². The molecule has 5 nitrogen and oxygen atoms in total. The summed E-state index contributed by atoms with van der Waals surface area (Å²) in [5.74, 6) is 0.999. The predicted molar refractivity (Wildman–Crippen MR) is 84.8 cm³/mol. The molecule has 0 aliphatic heterocycles. The molecule has 2 atom stereocenters. The van der Waals surface area contributed by atoms with Crippen LogP contribution >= 0.6 is 11.6 Å². The van der Waals surface area contributed by atoms with E-state index < -0.39 is 6.09 Å². The number of carbonyl (C=O) groups is 1. The summed E-state index contributed by atoms with van der Waals surface area (Å²) >= 11 is 5.95. The van der Waals surface area contributed by atoms with Crippen LogP contribution in [0.1, 0.15) is 23.5 Å². The molecule has 22 heavy (non-hydrogen) atoms. The highest BCUT2D eigenvalue weighted by atomic mass is 35.5. The lowest BCUT2D eigenvalue weighted by molar-refractivity contribution is 0.147. The lowest BCUT2D eigenvalue weighted by Gasteiger charge is -2.07. The first kappa shape index (κ1) is 14.7. The van der Waals surface area contributed by atoms with Crippen molar-refractivity contribution < 1.29 is 9.53 Å². The summed E-state index contributed by atoms with van der Waals surface area (Å²) in [5, 5.41) is 3.96. The predicted octanol–water partition coefficient (Wildman–Crippen LogP) is 3.30. The minimum absolute atomic E-state index is 0.107. The van der Waals surface area contributed by atoms with E-state index in [0.717, 1.165) is 28.4 Å². The van der Waals surface area contributed by atoms with Crippen LogP contribution in [-0.2, 0) is 11.3 Å². The van der Waals surface area contributed by atoms with Gasteiger partial charge in [0.15, 0.2) is 0 Å². The Kier molecular flexibility index (Phi) is 4.15. The maximum Gasteiger partial charge on any atom is 0.404 e. The molecular formula is C16H16ClN3O2. The molecule has 1 aliphatic rings. The first-order valence-electron chi connectivity index (χ1n) is 7.02. The van der Waals surface area contributed by atoms with Crippen molar-refractivity contribution >= 4 is 23.5 Å². The van der Waals surface area contributed by atoms with Gasteiger partial charge in [0.1, 0.15) is 11.9 Å². The third-order valence-corrected chi connectivity index (χ3v) is 3.81. The summed E-state index contributed by atoms with van der Waals surface area (Å²) in [6.45, 7) is 0.656. The van der Waals surface area contributed by atoms with Crippen LogP contribution < -0.4 is 11.1 Å². The van der Waals surface area contributed by atoms with Crippen molar-refractivity contribution in [1.82, 2.24) is 4.98 Å². The number of halogens is 1. The molecule has 1 saturated carbocycles. The van der Waals surface area contributed by atoms with Crippen LogP contribution in [0, 0.1) is 0 Å². The Labute approximate surface area is 133 Å². The van der Waals surface area contributed by atoms with Crippen molar-refractivity contribution in [1.29, 1.82) is 0 Å². The van der Waals surface area contributed by atoms with E-state index in [1.165, 1.54) is 0 Å². The van der Waals surface area contributed by atoms with Gasteiger partial charge in [-0.05, 0) is 35.7 Å². The molecule has 1 fully saturated rings. The number of carbonyl (C=O) groups excluding carboxylic acids is 1. The van der Waals surface area contributed by atoms with Crippen LogP contribution in [0.3, 0.4) is 0 Å². The molecule has 1 amide bonds. The van der Waals surface area contributed by atoms with Crippen LogP contribution in [0.2, 0.25) is 5.02 Å². The number of hydrogen-bond acceptors (Lipinski definition) is 4. The van der Waals surface area contributed by atoms with E-state index in [1.807, 2.05) is 36.4 Å². The fraction of sp³-hybridized carbons (Fsp3) is 0.250. The third kappa shape index (κ3) is 3.68. The van der Waals surface area contributed by atoms with Gasteiger partial charge in [0, 0.05) is 23.7 Å². The standard InChI is InChI=1S/C16H16ClN3O2/c17-12-3-1-2-10(6-12)8-19-15-5-4-11(9-20-15)13-7-14(13)22-16(18)21/h1-6,9,13-14H,7-8H2,(H2,18,21)(H,19,20)/t13-,14+/m0/s1. The number of amides is 1. The SMILES string of the molecule is NC(=O)O[C@@H]1C[C@H]1c1ccc(NCc2cccc(Cl)c2)nc1. The number of nitrogens with two attached hydrogens (primary N) is 1. The van der Waals surface area contributed by atoms with Crippen molar-refractivity contribution in [2.24, 2.45) is 5.73 Å². The zero-order valence-corrected chi connectivity index (χ0v) is 12.6. The second kappa shape index (κ2) is 6.23. The number of pyridine rings is 1. The fourth-order valence-corrected chi connectivity index (χ4v) is 2.58. The average Bonchev–Trinajstić information content (AvgIpc) is 3.24. The monoisotopic (exact) mass is 317 g/mol. The second-order valence-electron chi connectivity index (χ2n) is 5.28. The summed E-state index contributed by atoms with van der Waals surface area (Å²) < 4.78 is 4.96. The quantitative estimate of drug-likeness (QED) is 0.887. The van der Waals surface area contributed by atoms with Gasteiger partial charge >= 0.3 is 6.09 Å². The molecule has 114 valence electrons. The van der Waals surface area contributed by atoms with Gasteiger partial charge in [-0.3, -0.25) is 0 Å². The Morgan fingerprint density at radius 2 is 2.27 bits per heavy atom. The van der Waals surface area contributed by atoms with Crippen molar-refractivity contribution in [3.8, 4) is 0 Å². The molecule has 1 aliphatic carbocycles. The number of rotatable bonds is 5. The van der Waals surface area contributed by atoms with Crippen LogP contribution in [0.5, 0.6) is 0 Å². The molecule has 3 rings (SSSR count). The highest BCUT2D eigenvalue weighted by Gasteiger charge is 2.41. The third-order valence-electron chi connectivity index (χ3n) is 3.58. The van der Waals surface area contributed by atoms with E-state index in [4.69, 9.17) is 22.1 Å². The van der Waals surface area contributed by atoms with Crippen molar-refractivity contribution in [2.45, 2.75) is 25.0 Å². The van der Waals surface area contributed by atoms with Gasteiger partial charge in [-0.1, -0.05) is 29.8 Å². The lowest BCUT2D eigenvalue weighted by Crippen LogP contribution is -2.14. The average molecular weight is 318 g/mol. The van der Waals surface area contributed by atoms with Crippen molar-refractivity contribution in [3.05, 3.63) is 58.7 Å². The molecule has 0 saturated heterocycles. The number of benzene rings is 1. The lowest BCUT2D eigenvalue weighted by atomic mass is 10.2. The van der Waals surface area contributed by atoms with Gasteiger partial charge in [0.25, 0.3) is 0 Å². The minimum atomic E-state index is -0.722. The minimum Gasteiger partial charge on any atom is -0.446 e. The van der Waals surface area contributed by atoms with Crippen molar-refractivity contribution in [2.75, 3.05) is 5.32 Å². The van der Waals surface area contributed by atoms with Gasteiger partial charge in [-0.25, -0.2) is 9.78 Å². The Hall–Kier alpha value is -2.27. The van der Waals surface area contributed by atoms with Crippen LogP contribution in [-0.4, -0.2) is 17.2 Å². The molecule has 1 heterocycles. The molecule has 0 unspecified atom stereocenters. The summed E-state index contributed by atoms with van der Waals surface area (Å²) in [6, 6.07) is 11.6. The van der Waals surface area contributed by atoms with Gasteiger partial charge in [0.05, 0.1) is 0 Å². The molecule has 0 radical (unpaired) electrons. The number of anilines is 1. The van der Waals surface area contributed by atoms with E-state index in [2.05, 4.69) is 10.3 Å². The van der Waals surface area contributed by atoms with Crippen molar-refractivity contribution in [3.63, 3.8) is 0 Å². The number of nitrogens with zero attached hydrogens (tertiary/aromatic N) is 1. The molecule has 6 heteroatoms. The fourth-order valence-electron chi connectivity index (χ4n) is 2.37. The smallest absolute Gasteiger partial charge is 0.404 e. The molecule has 0 spiro atoms. The van der Waals surface area contributed by atoms with Gasteiger partial charge in [-0.2, -0.15) is 0 Å². The molecule has 1 aromatic heterocycles. The maximum atomic E-state index is 10.7. The molecule has 3 N–H and O–H groups in total. The molecule has 2 aromatic rings. The Bertz CT molecular complexity index is 675. The first-order valence-corrected chi connectivity index (χ1v) is 7.40. The number of nitrogens with one attached hydrogen (secondary N) is 1. The highest BCUT2D eigenvalue weighted by Crippen LogP contribution is 2.43. The zero-order valence-electron chi connectivity index (χ0n) is 11.8. The summed E-state index contributed by atoms with van der Waals surface area (Å²) in [7, 11) is 0. The Balaban J connectivity index is 1.55. The summed E-state index contributed by atoms with van der Waals surface area (Å²) in [5.41, 5.74) is 7.16. The van der Waals surface area contributed by atoms with Gasteiger partial charge < -0.3 is 15.8 Å². The number of ether oxygens (including phenoxy) is 1. The van der Waals surface area contributed by atoms with Gasteiger partial charge in [0.2, 0.25) is 0 Å².